The highest BCUT2D eigenvalue weighted by molar-refractivity contribution is 5.85. The zero-order chi connectivity index (χ0) is 14.7. The molecule has 5 heteroatoms. The van der Waals surface area contributed by atoms with Crippen LogP contribution in [0.15, 0.2) is 0 Å². The summed E-state index contributed by atoms with van der Waals surface area (Å²) in [4.78, 5) is 25.7. The summed E-state index contributed by atoms with van der Waals surface area (Å²) < 4.78 is 0. The lowest BCUT2D eigenvalue weighted by atomic mass is 9.94. The highest BCUT2D eigenvalue weighted by Gasteiger charge is 2.41. The van der Waals surface area contributed by atoms with E-state index in [9.17, 15) is 14.7 Å². The van der Waals surface area contributed by atoms with Crippen LogP contribution in [0.5, 0.6) is 0 Å². The largest absolute Gasteiger partial charge is 0.481 e. The van der Waals surface area contributed by atoms with Gasteiger partial charge in [0.1, 0.15) is 0 Å². The van der Waals surface area contributed by atoms with Crippen molar-refractivity contribution in [1.29, 1.82) is 0 Å². The molecule has 2 fully saturated rings. The molecule has 20 heavy (non-hydrogen) atoms. The standard InChI is InChI=1S/C15H26N2O3/c1-10-7-12(13(8-10)15(19)20)14(18)16-9-11-3-5-17(2)6-4-11/h10-13H,3-9H2,1-2H3,(H,16,18)(H,19,20)/t10?,12-,13+/m0/s1. The molecule has 5 nitrogen and oxygen atoms in total. The lowest BCUT2D eigenvalue weighted by molar-refractivity contribution is -0.146. The summed E-state index contributed by atoms with van der Waals surface area (Å²) in [5.41, 5.74) is 0. The van der Waals surface area contributed by atoms with E-state index in [-0.39, 0.29) is 11.8 Å². The molecule has 0 bridgehead atoms. The first-order valence-electron chi connectivity index (χ1n) is 7.66. The third kappa shape index (κ3) is 3.72. The van der Waals surface area contributed by atoms with Gasteiger partial charge in [0.25, 0.3) is 0 Å². The Hall–Kier alpha value is -1.10. The van der Waals surface area contributed by atoms with Gasteiger partial charge in [0.2, 0.25) is 5.91 Å². The van der Waals surface area contributed by atoms with Gasteiger partial charge in [-0.05, 0) is 57.7 Å². The van der Waals surface area contributed by atoms with Crippen molar-refractivity contribution < 1.29 is 14.7 Å². The summed E-state index contributed by atoms with van der Waals surface area (Å²) in [6, 6.07) is 0. The van der Waals surface area contributed by atoms with Crippen LogP contribution in [-0.2, 0) is 9.59 Å². The van der Waals surface area contributed by atoms with E-state index in [0.717, 1.165) is 25.9 Å². The van der Waals surface area contributed by atoms with Crippen molar-refractivity contribution in [2.45, 2.75) is 32.6 Å². The molecule has 1 aliphatic carbocycles. The summed E-state index contributed by atoms with van der Waals surface area (Å²) in [6.45, 7) is 4.89. The van der Waals surface area contributed by atoms with Crippen molar-refractivity contribution in [3.8, 4) is 0 Å². The summed E-state index contributed by atoms with van der Waals surface area (Å²) in [6.07, 6.45) is 3.55. The van der Waals surface area contributed by atoms with Gasteiger partial charge in [-0.3, -0.25) is 9.59 Å². The van der Waals surface area contributed by atoms with Crippen LogP contribution in [0.4, 0.5) is 0 Å². The fraction of sp³-hybridized carbons (Fsp3) is 0.867. The van der Waals surface area contributed by atoms with Crippen molar-refractivity contribution >= 4 is 11.9 Å². The van der Waals surface area contributed by atoms with Crippen molar-refractivity contribution in [3.63, 3.8) is 0 Å². The van der Waals surface area contributed by atoms with Crippen molar-refractivity contribution in [2.24, 2.45) is 23.7 Å². The molecule has 1 unspecified atom stereocenters. The van der Waals surface area contributed by atoms with Gasteiger partial charge >= 0.3 is 5.97 Å². The Balaban J connectivity index is 1.80. The minimum absolute atomic E-state index is 0.0549. The zero-order valence-electron chi connectivity index (χ0n) is 12.5. The summed E-state index contributed by atoms with van der Waals surface area (Å²) in [5, 5.41) is 12.2. The zero-order valence-corrected chi connectivity index (χ0v) is 12.5. The number of aliphatic carboxylic acids is 1. The normalized spacial score (nSPS) is 32.2. The van der Waals surface area contributed by atoms with Gasteiger partial charge < -0.3 is 15.3 Å². The molecule has 0 spiro atoms. The van der Waals surface area contributed by atoms with E-state index in [1.165, 1.54) is 0 Å². The maximum absolute atomic E-state index is 12.2. The second-order valence-electron chi connectivity index (χ2n) is 6.62. The van der Waals surface area contributed by atoms with Crippen LogP contribution in [-0.4, -0.2) is 48.6 Å². The highest BCUT2D eigenvalue weighted by atomic mass is 16.4. The number of rotatable bonds is 4. The number of carbonyl (C=O) groups excluding carboxylic acids is 1. The predicted molar refractivity (Wildman–Crippen MR) is 76.2 cm³/mol. The molecule has 0 aromatic rings. The molecule has 0 radical (unpaired) electrons. The molecular formula is C15H26N2O3. The Morgan fingerprint density at radius 1 is 1.20 bits per heavy atom. The SMILES string of the molecule is CC1C[C@H](C(=O)NCC2CCN(C)CC2)[C@H](C(=O)O)C1. The maximum Gasteiger partial charge on any atom is 0.307 e. The van der Waals surface area contributed by atoms with Crippen molar-refractivity contribution in [2.75, 3.05) is 26.7 Å². The van der Waals surface area contributed by atoms with Gasteiger partial charge in [0, 0.05) is 6.54 Å². The van der Waals surface area contributed by atoms with E-state index < -0.39 is 11.9 Å². The number of nitrogens with zero attached hydrogens (tertiary/aromatic N) is 1. The predicted octanol–water partition coefficient (Wildman–Crippen LogP) is 1.19. The molecular weight excluding hydrogens is 256 g/mol. The molecule has 2 rings (SSSR count). The molecule has 1 saturated heterocycles. The Labute approximate surface area is 120 Å². The number of likely N-dealkylation sites (tertiary alicyclic amines) is 1. The van der Waals surface area contributed by atoms with Crippen LogP contribution >= 0.6 is 0 Å². The summed E-state index contributed by atoms with van der Waals surface area (Å²) in [7, 11) is 2.12. The van der Waals surface area contributed by atoms with Gasteiger partial charge in [-0.15, -0.1) is 0 Å². The number of carbonyl (C=O) groups is 2. The summed E-state index contributed by atoms with van der Waals surface area (Å²) in [5.74, 6) is -0.849. The molecule has 3 atom stereocenters. The topological polar surface area (TPSA) is 69.6 Å². The Kier molecular flexibility index (Phi) is 5.02. The second-order valence-corrected chi connectivity index (χ2v) is 6.62. The van der Waals surface area contributed by atoms with E-state index in [1.54, 1.807) is 0 Å². The summed E-state index contributed by atoms with van der Waals surface area (Å²) >= 11 is 0. The Bertz CT molecular complexity index is 364. The van der Waals surface area contributed by atoms with E-state index in [0.29, 0.717) is 31.2 Å². The lowest BCUT2D eigenvalue weighted by Crippen LogP contribution is -2.40. The number of hydrogen-bond donors (Lipinski definition) is 2. The smallest absolute Gasteiger partial charge is 0.307 e. The fourth-order valence-electron chi connectivity index (χ4n) is 3.50. The van der Waals surface area contributed by atoms with E-state index in [2.05, 4.69) is 17.3 Å². The van der Waals surface area contributed by atoms with E-state index >= 15 is 0 Å². The number of nitrogens with one attached hydrogen (secondary N) is 1. The van der Waals surface area contributed by atoms with Crippen molar-refractivity contribution in [1.82, 2.24) is 10.2 Å². The third-order valence-electron chi connectivity index (χ3n) is 4.86. The third-order valence-corrected chi connectivity index (χ3v) is 4.86. The van der Waals surface area contributed by atoms with Gasteiger partial charge in [0.05, 0.1) is 11.8 Å². The minimum atomic E-state index is -0.825. The monoisotopic (exact) mass is 282 g/mol. The number of hydrogen-bond acceptors (Lipinski definition) is 3. The Morgan fingerprint density at radius 3 is 2.40 bits per heavy atom. The van der Waals surface area contributed by atoms with E-state index in [4.69, 9.17) is 0 Å². The molecule has 1 amide bonds. The molecule has 2 N–H and O–H groups in total. The minimum Gasteiger partial charge on any atom is -0.481 e. The number of carboxylic acid groups (broad SMARTS) is 1. The first kappa shape index (κ1) is 15.3. The van der Waals surface area contributed by atoms with Crippen molar-refractivity contribution in [3.05, 3.63) is 0 Å². The number of carboxylic acids is 1. The van der Waals surface area contributed by atoms with Crippen LogP contribution in [0.3, 0.4) is 0 Å². The average molecular weight is 282 g/mol. The molecule has 0 aromatic carbocycles. The van der Waals surface area contributed by atoms with Gasteiger partial charge in [-0.25, -0.2) is 0 Å². The van der Waals surface area contributed by atoms with Gasteiger partial charge in [0.15, 0.2) is 0 Å². The first-order chi connectivity index (χ1) is 9.47. The van der Waals surface area contributed by atoms with Crippen LogP contribution in [0.1, 0.15) is 32.6 Å². The van der Waals surface area contributed by atoms with Crippen LogP contribution < -0.4 is 5.32 Å². The Morgan fingerprint density at radius 2 is 1.80 bits per heavy atom. The van der Waals surface area contributed by atoms with Gasteiger partial charge in [-0.2, -0.15) is 0 Å². The van der Waals surface area contributed by atoms with E-state index in [1.807, 2.05) is 6.92 Å². The number of piperidine rings is 1. The quantitative estimate of drug-likeness (QED) is 0.812. The number of amides is 1. The molecule has 1 aliphatic heterocycles. The molecule has 1 heterocycles. The molecule has 114 valence electrons. The van der Waals surface area contributed by atoms with Crippen LogP contribution in [0.25, 0.3) is 0 Å². The highest BCUT2D eigenvalue weighted by Crippen LogP contribution is 2.36. The molecule has 1 saturated carbocycles. The van der Waals surface area contributed by atoms with Gasteiger partial charge in [-0.1, -0.05) is 6.92 Å². The molecule has 0 aromatic heterocycles. The average Bonchev–Trinajstić information content (AvgIpc) is 2.80. The van der Waals surface area contributed by atoms with Crippen LogP contribution in [0, 0.1) is 23.7 Å². The maximum atomic E-state index is 12.2. The molecule has 2 aliphatic rings. The van der Waals surface area contributed by atoms with Crippen LogP contribution in [0.2, 0.25) is 0 Å². The second kappa shape index (κ2) is 6.57. The lowest BCUT2D eigenvalue weighted by Gasteiger charge is -2.29. The first-order valence-corrected chi connectivity index (χ1v) is 7.66. The fourth-order valence-corrected chi connectivity index (χ4v) is 3.50.